The molecule has 0 radical (unpaired) electrons. The van der Waals surface area contributed by atoms with E-state index in [1.165, 1.54) is 12.7 Å². The van der Waals surface area contributed by atoms with Gasteiger partial charge in [-0.2, -0.15) is 0 Å². The van der Waals surface area contributed by atoms with Crippen LogP contribution in [0.2, 0.25) is 0 Å². The van der Waals surface area contributed by atoms with E-state index in [0.717, 1.165) is 25.7 Å². The Bertz CT molecular complexity index is 725. The van der Waals surface area contributed by atoms with E-state index in [0.29, 0.717) is 25.5 Å². The van der Waals surface area contributed by atoms with Crippen LogP contribution in [0.5, 0.6) is 0 Å². The Morgan fingerprint density at radius 1 is 1.06 bits per heavy atom. The lowest BCUT2D eigenvalue weighted by molar-refractivity contribution is -0.00765. The molecule has 1 aromatic carbocycles. The van der Waals surface area contributed by atoms with Crippen LogP contribution in [0.1, 0.15) is 64.4 Å². The van der Waals surface area contributed by atoms with Gasteiger partial charge in [0.05, 0.1) is 31.9 Å². The van der Waals surface area contributed by atoms with Gasteiger partial charge in [-0.15, -0.1) is 0 Å². The van der Waals surface area contributed by atoms with Gasteiger partial charge in [0.25, 0.3) is 0 Å². The van der Waals surface area contributed by atoms with Crippen molar-refractivity contribution in [1.82, 2.24) is 10.2 Å². The fourth-order valence-electron chi connectivity index (χ4n) is 4.55. The monoisotopic (exact) mass is 432 g/mol. The highest BCUT2D eigenvalue weighted by molar-refractivity contribution is 5.70. The second kappa shape index (κ2) is 10.4. The van der Waals surface area contributed by atoms with E-state index in [9.17, 15) is 9.59 Å². The molecular formula is C24H36N2O5. The van der Waals surface area contributed by atoms with Crippen molar-refractivity contribution in [2.75, 3.05) is 20.3 Å². The van der Waals surface area contributed by atoms with Crippen molar-refractivity contribution in [3.8, 4) is 0 Å². The Labute approximate surface area is 185 Å². The number of carbonyl (C=O) groups excluding carboxylic acids is 2. The number of carbonyl (C=O) groups is 2. The normalized spacial score (nSPS) is 26.4. The van der Waals surface area contributed by atoms with Crippen LogP contribution in [0.15, 0.2) is 30.3 Å². The van der Waals surface area contributed by atoms with Gasteiger partial charge in [0.1, 0.15) is 5.60 Å². The first-order valence-electron chi connectivity index (χ1n) is 11.3. The number of amides is 2. The third-order valence-corrected chi connectivity index (χ3v) is 6.10. The zero-order chi connectivity index (χ0) is 22.4. The Morgan fingerprint density at radius 3 is 2.35 bits per heavy atom. The summed E-state index contributed by atoms with van der Waals surface area (Å²) in [6, 6.07) is 10.1. The van der Waals surface area contributed by atoms with Gasteiger partial charge in [0.15, 0.2) is 0 Å². The van der Waals surface area contributed by atoms with Crippen LogP contribution in [0.3, 0.4) is 0 Å². The summed E-state index contributed by atoms with van der Waals surface area (Å²) in [6.45, 7) is 6.37. The number of hydrogen-bond donors (Lipinski definition) is 1. The Kier molecular flexibility index (Phi) is 7.81. The van der Waals surface area contributed by atoms with Crippen molar-refractivity contribution in [1.29, 1.82) is 0 Å². The van der Waals surface area contributed by atoms with Crippen LogP contribution < -0.4 is 5.32 Å². The molecule has 0 aromatic heterocycles. The van der Waals surface area contributed by atoms with Crippen molar-refractivity contribution < 1.29 is 23.8 Å². The topological polar surface area (TPSA) is 77.1 Å². The molecule has 2 amide bonds. The standard InChI is InChI=1S/C24H36N2O5/c1-24(2,3)31-22(27)25-20-14-15-26(23(28)29-4)21(20)16-30-19-12-10-18(11-13-19)17-8-6-5-7-9-17/h5-9,18-21H,10-16H2,1-4H3,(H,25,27)/t18?,19?,20-,21-/m0/s1. The molecule has 0 unspecified atom stereocenters. The predicted molar refractivity (Wildman–Crippen MR) is 118 cm³/mol. The summed E-state index contributed by atoms with van der Waals surface area (Å²) in [5.41, 5.74) is 0.823. The van der Waals surface area contributed by atoms with Gasteiger partial charge in [-0.1, -0.05) is 30.3 Å². The quantitative estimate of drug-likeness (QED) is 0.743. The molecule has 31 heavy (non-hydrogen) atoms. The first kappa shape index (κ1) is 23.4. The summed E-state index contributed by atoms with van der Waals surface area (Å²) in [5.74, 6) is 0.584. The van der Waals surface area contributed by atoms with Gasteiger partial charge >= 0.3 is 12.2 Å². The van der Waals surface area contributed by atoms with Gasteiger partial charge in [-0.25, -0.2) is 9.59 Å². The van der Waals surface area contributed by atoms with Gasteiger partial charge in [0, 0.05) is 6.54 Å². The van der Waals surface area contributed by atoms with E-state index in [4.69, 9.17) is 14.2 Å². The number of nitrogens with zero attached hydrogens (tertiary/aromatic N) is 1. The third-order valence-electron chi connectivity index (χ3n) is 6.10. The predicted octanol–water partition coefficient (Wildman–Crippen LogP) is 4.46. The number of hydrogen-bond acceptors (Lipinski definition) is 5. The van der Waals surface area contributed by atoms with Gasteiger partial charge in [-0.05, 0) is 64.4 Å². The average molecular weight is 433 g/mol. The molecule has 2 atom stereocenters. The molecule has 1 aliphatic carbocycles. The highest BCUT2D eigenvalue weighted by atomic mass is 16.6. The summed E-state index contributed by atoms with van der Waals surface area (Å²) in [6.07, 6.45) is 4.13. The molecular weight excluding hydrogens is 396 g/mol. The minimum absolute atomic E-state index is 0.169. The van der Waals surface area contributed by atoms with E-state index >= 15 is 0 Å². The van der Waals surface area contributed by atoms with Crippen LogP contribution in [0, 0.1) is 0 Å². The highest BCUT2D eigenvalue weighted by Crippen LogP contribution is 2.34. The molecule has 7 heteroatoms. The van der Waals surface area contributed by atoms with Gasteiger partial charge in [0.2, 0.25) is 0 Å². The maximum atomic E-state index is 12.3. The molecule has 1 N–H and O–H groups in total. The molecule has 1 aliphatic heterocycles. The largest absolute Gasteiger partial charge is 0.453 e. The lowest BCUT2D eigenvalue weighted by Gasteiger charge is -2.32. The third kappa shape index (κ3) is 6.60. The summed E-state index contributed by atoms with van der Waals surface area (Å²) < 4.78 is 16.6. The molecule has 7 nitrogen and oxygen atoms in total. The summed E-state index contributed by atoms with van der Waals surface area (Å²) in [5, 5.41) is 2.92. The summed E-state index contributed by atoms with van der Waals surface area (Å²) in [4.78, 5) is 26.2. The molecule has 1 saturated heterocycles. The zero-order valence-electron chi connectivity index (χ0n) is 19.1. The second-order valence-electron chi connectivity index (χ2n) is 9.49. The maximum Gasteiger partial charge on any atom is 0.409 e. The van der Waals surface area contributed by atoms with Crippen LogP contribution in [0.25, 0.3) is 0 Å². The van der Waals surface area contributed by atoms with Crippen molar-refractivity contribution in [2.45, 2.75) is 82.6 Å². The number of nitrogens with one attached hydrogen (secondary N) is 1. The number of ether oxygens (including phenoxy) is 3. The molecule has 0 spiro atoms. The first-order chi connectivity index (χ1) is 14.8. The fourth-order valence-corrected chi connectivity index (χ4v) is 4.55. The molecule has 2 aliphatic rings. The van der Waals surface area contributed by atoms with Crippen molar-refractivity contribution in [3.05, 3.63) is 35.9 Å². The lowest BCUT2D eigenvalue weighted by atomic mass is 9.83. The highest BCUT2D eigenvalue weighted by Gasteiger charge is 2.40. The lowest BCUT2D eigenvalue weighted by Crippen LogP contribution is -2.50. The molecule has 1 heterocycles. The van der Waals surface area contributed by atoms with E-state index in [2.05, 4.69) is 35.6 Å². The molecule has 3 rings (SSSR count). The maximum absolute atomic E-state index is 12.3. The zero-order valence-corrected chi connectivity index (χ0v) is 19.1. The Balaban J connectivity index is 1.54. The van der Waals surface area contributed by atoms with E-state index in [1.54, 1.807) is 4.90 Å². The Morgan fingerprint density at radius 2 is 1.74 bits per heavy atom. The minimum Gasteiger partial charge on any atom is -0.453 e. The number of methoxy groups -OCH3 is 1. The van der Waals surface area contributed by atoms with E-state index in [-0.39, 0.29) is 18.2 Å². The summed E-state index contributed by atoms with van der Waals surface area (Å²) in [7, 11) is 1.37. The van der Waals surface area contributed by atoms with Crippen LogP contribution in [0.4, 0.5) is 9.59 Å². The van der Waals surface area contributed by atoms with Crippen molar-refractivity contribution >= 4 is 12.2 Å². The van der Waals surface area contributed by atoms with Crippen LogP contribution >= 0.6 is 0 Å². The smallest absolute Gasteiger partial charge is 0.409 e. The number of likely N-dealkylation sites (tertiary alicyclic amines) is 1. The van der Waals surface area contributed by atoms with Gasteiger partial charge in [-0.3, -0.25) is 0 Å². The Hall–Kier alpha value is -2.28. The molecule has 172 valence electrons. The van der Waals surface area contributed by atoms with Crippen LogP contribution in [-0.2, 0) is 14.2 Å². The minimum atomic E-state index is -0.575. The number of rotatable bonds is 5. The van der Waals surface area contributed by atoms with E-state index < -0.39 is 17.8 Å². The number of benzene rings is 1. The van der Waals surface area contributed by atoms with E-state index in [1.807, 2.05) is 20.8 Å². The van der Waals surface area contributed by atoms with Crippen molar-refractivity contribution in [3.63, 3.8) is 0 Å². The fraction of sp³-hybridized carbons (Fsp3) is 0.667. The first-order valence-corrected chi connectivity index (χ1v) is 11.3. The SMILES string of the molecule is COC(=O)N1CC[C@H](NC(=O)OC(C)(C)C)[C@@H]1COC1CCC(c2ccccc2)CC1. The van der Waals surface area contributed by atoms with Crippen LogP contribution in [-0.4, -0.2) is 61.1 Å². The number of alkyl carbamates (subject to hydrolysis) is 1. The summed E-state index contributed by atoms with van der Waals surface area (Å²) >= 11 is 0. The second-order valence-corrected chi connectivity index (χ2v) is 9.49. The molecule has 2 fully saturated rings. The van der Waals surface area contributed by atoms with Crippen molar-refractivity contribution in [2.24, 2.45) is 0 Å². The molecule has 1 aromatic rings. The molecule has 0 bridgehead atoms. The molecule has 1 saturated carbocycles. The average Bonchev–Trinajstić information content (AvgIpc) is 3.13. The van der Waals surface area contributed by atoms with Gasteiger partial charge < -0.3 is 24.4 Å².